The molecule has 1 aromatic heterocycles. The van der Waals surface area contributed by atoms with Gasteiger partial charge >= 0.3 is 0 Å². The van der Waals surface area contributed by atoms with E-state index in [1.807, 2.05) is 7.05 Å². The van der Waals surface area contributed by atoms with Crippen LogP contribution in [-0.4, -0.2) is 43.8 Å². The van der Waals surface area contributed by atoms with Crippen molar-refractivity contribution in [2.45, 2.75) is 6.42 Å². The van der Waals surface area contributed by atoms with Crippen LogP contribution >= 0.6 is 15.9 Å². The van der Waals surface area contributed by atoms with Crippen molar-refractivity contribution in [3.8, 4) is 5.88 Å². The SMILES string of the molecule is CNCC1CCN(c2ncc(Br)c(OC)n2)C1. The Morgan fingerprint density at radius 2 is 2.47 bits per heavy atom. The first kappa shape index (κ1) is 12.6. The molecule has 5 nitrogen and oxygen atoms in total. The van der Waals surface area contributed by atoms with Crippen molar-refractivity contribution >= 4 is 21.9 Å². The zero-order valence-electron chi connectivity index (χ0n) is 10.1. The van der Waals surface area contributed by atoms with Gasteiger partial charge in [-0.15, -0.1) is 0 Å². The van der Waals surface area contributed by atoms with Crippen molar-refractivity contribution in [1.29, 1.82) is 0 Å². The van der Waals surface area contributed by atoms with Crippen LogP contribution in [0.15, 0.2) is 10.7 Å². The van der Waals surface area contributed by atoms with Crippen molar-refractivity contribution in [3.05, 3.63) is 10.7 Å². The summed E-state index contributed by atoms with van der Waals surface area (Å²) in [6.07, 6.45) is 2.93. The molecule has 0 amide bonds. The van der Waals surface area contributed by atoms with E-state index in [0.717, 1.165) is 30.1 Å². The summed E-state index contributed by atoms with van der Waals surface area (Å²) >= 11 is 3.36. The number of methoxy groups -OCH3 is 1. The molecule has 0 aromatic carbocycles. The minimum atomic E-state index is 0.590. The third kappa shape index (κ3) is 2.87. The molecular formula is C11H17BrN4O. The predicted molar refractivity (Wildman–Crippen MR) is 70.5 cm³/mol. The molecule has 1 aromatic rings. The van der Waals surface area contributed by atoms with Crippen molar-refractivity contribution in [2.75, 3.05) is 38.7 Å². The van der Waals surface area contributed by atoms with Gasteiger partial charge in [-0.3, -0.25) is 0 Å². The van der Waals surface area contributed by atoms with Gasteiger partial charge in [-0.1, -0.05) is 0 Å². The molecule has 0 radical (unpaired) electrons. The Balaban J connectivity index is 2.08. The van der Waals surface area contributed by atoms with E-state index in [1.165, 1.54) is 6.42 Å². The van der Waals surface area contributed by atoms with E-state index in [2.05, 4.69) is 36.1 Å². The summed E-state index contributed by atoms with van der Waals surface area (Å²) in [7, 11) is 3.60. The van der Waals surface area contributed by atoms with Gasteiger partial charge in [-0.05, 0) is 41.9 Å². The molecule has 1 saturated heterocycles. The Bertz CT molecular complexity index is 388. The molecule has 2 rings (SSSR count). The minimum Gasteiger partial charge on any atom is -0.480 e. The summed E-state index contributed by atoms with van der Waals surface area (Å²) in [4.78, 5) is 10.9. The van der Waals surface area contributed by atoms with Gasteiger partial charge in [0.25, 0.3) is 0 Å². The van der Waals surface area contributed by atoms with Gasteiger partial charge in [-0.25, -0.2) is 4.98 Å². The molecule has 1 aliphatic rings. The number of aromatic nitrogens is 2. The number of anilines is 1. The monoisotopic (exact) mass is 300 g/mol. The third-order valence-electron chi connectivity index (χ3n) is 2.95. The molecule has 1 unspecified atom stereocenters. The van der Waals surface area contributed by atoms with Gasteiger partial charge in [0.15, 0.2) is 0 Å². The Morgan fingerprint density at radius 1 is 1.65 bits per heavy atom. The molecular weight excluding hydrogens is 284 g/mol. The highest BCUT2D eigenvalue weighted by Gasteiger charge is 2.24. The van der Waals surface area contributed by atoms with Crippen LogP contribution in [0, 0.1) is 5.92 Å². The first-order valence-electron chi connectivity index (χ1n) is 5.70. The average molecular weight is 301 g/mol. The molecule has 17 heavy (non-hydrogen) atoms. The van der Waals surface area contributed by atoms with Gasteiger partial charge in [-0.2, -0.15) is 4.98 Å². The maximum atomic E-state index is 5.18. The average Bonchev–Trinajstić information content (AvgIpc) is 2.79. The van der Waals surface area contributed by atoms with E-state index in [0.29, 0.717) is 11.8 Å². The maximum absolute atomic E-state index is 5.18. The van der Waals surface area contributed by atoms with E-state index in [1.54, 1.807) is 13.3 Å². The van der Waals surface area contributed by atoms with Gasteiger partial charge in [0.2, 0.25) is 11.8 Å². The molecule has 6 heteroatoms. The molecule has 0 aliphatic carbocycles. The van der Waals surface area contributed by atoms with Crippen molar-refractivity contribution in [1.82, 2.24) is 15.3 Å². The fourth-order valence-corrected chi connectivity index (χ4v) is 2.46. The van der Waals surface area contributed by atoms with Crippen molar-refractivity contribution < 1.29 is 4.74 Å². The quantitative estimate of drug-likeness (QED) is 0.908. The smallest absolute Gasteiger partial charge is 0.232 e. The number of ether oxygens (including phenoxy) is 1. The number of halogens is 1. The Kier molecular flexibility index (Phi) is 4.17. The summed E-state index contributed by atoms with van der Waals surface area (Å²) in [5, 5.41) is 3.21. The fraction of sp³-hybridized carbons (Fsp3) is 0.636. The predicted octanol–water partition coefficient (Wildman–Crippen LogP) is 1.29. The van der Waals surface area contributed by atoms with Gasteiger partial charge in [0.05, 0.1) is 17.8 Å². The van der Waals surface area contributed by atoms with E-state index in [4.69, 9.17) is 4.74 Å². The Hall–Kier alpha value is -0.880. The summed E-state index contributed by atoms with van der Waals surface area (Å²) in [6, 6.07) is 0. The zero-order valence-corrected chi connectivity index (χ0v) is 11.7. The second-order valence-electron chi connectivity index (χ2n) is 4.19. The van der Waals surface area contributed by atoms with Gasteiger partial charge in [0.1, 0.15) is 0 Å². The largest absolute Gasteiger partial charge is 0.480 e. The van der Waals surface area contributed by atoms with Crippen molar-refractivity contribution in [3.63, 3.8) is 0 Å². The summed E-state index contributed by atoms with van der Waals surface area (Å²) in [6.45, 7) is 3.06. The van der Waals surface area contributed by atoms with Crippen LogP contribution in [0.4, 0.5) is 5.95 Å². The molecule has 0 bridgehead atoms. The normalized spacial score (nSPS) is 19.7. The zero-order chi connectivity index (χ0) is 12.3. The molecule has 1 fully saturated rings. The van der Waals surface area contributed by atoms with Crippen LogP contribution in [0.2, 0.25) is 0 Å². The second kappa shape index (κ2) is 5.64. The molecule has 94 valence electrons. The molecule has 0 saturated carbocycles. The first-order chi connectivity index (χ1) is 8.24. The minimum absolute atomic E-state index is 0.590. The lowest BCUT2D eigenvalue weighted by atomic mass is 10.1. The molecule has 0 spiro atoms. The highest BCUT2D eigenvalue weighted by Crippen LogP contribution is 2.26. The second-order valence-corrected chi connectivity index (χ2v) is 5.04. The van der Waals surface area contributed by atoms with Crippen molar-refractivity contribution in [2.24, 2.45) is 5.92 Å². The lowest BCUT2D eigenvalue weighted by Crippen LogP contribution is -2.25. The van der Waals surface area contributed by atoms with Crippen LogP contribution < -0.4 is 15.0 Å². The van der Waals surface area contributed by atoms with Crippen LogP contribution in [-0.2, 0) is 0 Å². The standard InChI is InChI=1S/C11H17BrN4O/c1-13-5-8-3-4-16(7-8)11-14-6-9(12)10(15-11)17-2/h6,8,13H,3-5,7H2,1-2H3. The summed E-state index contributed by atoms with van der Waals surface area (Å²) in [5.41, 5.74) is 0. The fourth-order valence-electron chi connectivity index (χ4n) is 2.11. The number of rotatable bonds is 4. The van der Waals surface area contributed by atoms with E-state index >= 15 is 0 Å². The number of hydrogen-bond donors (Lipinski definition) is 1. The highest BCUT2D eigenvalue weighted by molar-refractivity contribution is 9.10. The number of hydrogen-bond acceptors (Lipinski definition) is 5. The highest BCUT2D eigenvalue weighted by atomic mass is 79.9. The Labute approximate surface area is 110 Å². The topological polar surface area (TPSA) is 50.3 Å². The summed E-state index contributed by atoms with van der Waals surface area (Å²) < 4.78 is 5.97. The lowest BCUT2D eigenvalue weighted by molar-refractivity contribution is 0.394. The molecule has 1 aliphatic heterocycles. The first-order valence-corrected chi connectivity index (χ1v) is 6.50. The molecule has 2 heterocycles. The van der Waals surface area contributed by atoms with E-state index < -0.39 is 0 Å². The third-order valence-corrected chi connectivity index (χ3v) is 3.50. The van der Waals surface area contributed by atoms with Crippen LogP contribution in [0.1, 0.15) is 6.42 Å². The maximum Gasteiger partial charge on any atom is 0.232 e. The number of nitrogens with zero attached hydrogens (tertiary/aromatic N) is 3. The van der Waals surface area contributed by atoms with Crippen LogP contribution in [0.25, 0.3) is 0 Å². The van der Waals surface area contributed by atoms with Crippen LogP contribution in [0.5, 0.6) is 5.88 Å². The Morgan fingerprint density at radius 3 is 3.18 bits per heavy atom. The van der Waals surface area contributed by atoms with Gasteiger partial charge < -0.3 is 15.0 Å². The van der Waals surface area contributed by atoms with E-state index in [-0.39, 0.29) is 0 Å². The van der Waals surface area contributed by atoms with E-state index in [9.17, 15) is 0 Å². The van der Waals surface area contributed by atoms with Gasteiger partial charge in [0, 0.05) is 13.1 Å². The summed E-state index contributed by atoms with van der Waals surface area (Å²) in [5.74, 6) is 2.02. The molecule has 1 N–H and O–H groups in total. The van der Waals surface area contributed by atoms with Crippen LogP contribution in [0.3, 0.4) is 0 Å². The lowest BCUT2D eigenvalue weighted by Gasteiger charge is -2.17. The number of nitrogens with one attached hydrogen (secondary N) is 1. The molecule has 1 atom stereocenters.